The predicted molar refractivity (Wildman–Crippen MR) is 101 cm³/mol. The second-order valence-corrected chi connectivity index (χ2v) is 7.07. The number of aromatic carboxylic acids is 1. The Morgan fingerprint density at radius 3 is 2.24 bits per heavy atom. The number of hydrogen-bond donors (Lipinski definition) is 1. The van der Waals surface area contributed by atoms with Crippen LogP contribution in [0.3, 0.4) is 0 Å². The molecule has 0 unspecified atom stereocenters. The minimum atomic E-state index is -4.48. The van der Waals surface area contributed by atoms with Crippen molar-refractivity contribution in [3.8, 4) is 0 Å². The van der Waals surface area contributed by atoms with E-state index in [9.17, 15) is 27.6 Å². The van der Waals surface area contributed by atoms with E-state index in [0.717, 1.165) is 34.4 Å². The molecule has 0 bridgehead atoms. The number of benzene rings is 1. The number of anilines is 2. The maximum atomic E-state index is 12.7. The third-order valence-corrected chi connectivity index (χ3v) is 5.27. The van der Waals surface area contributed by atoms with Crippen LogP contribution in [0.5, 0.6) is 0 Å². The first kappa shape index (κ1) is 20.4. The van der Waals surface area contributed by atoms with Crippen LogP contribution in [0.1, 0.15) is 15.9 Å². The molecule has 2 amide bonds. The van der Waals surface area contributed by atoms with Gasteiger partial charge < -0.3 is 9.52 Å². The molecule has 2 aromatic heterocycles. The number of alkyl halides is 3. The Kier molecular flexibility index (Phi) is 5.09. The fourth-order valence-electron chi connectivity index (χ4n) is 2.52. The summed E-state index contributed by atoms with van der Waals surface area (Å²) in [5.74, 6) is -1.43. The summed E-state index contributed by atoms with van der Waals surface area (Å²) in [6, 6.07) is 6.12. The first-order valence-corrected chi connectivity index (χ1v) is 8.80. The lowest BCUT2D eigenvalue weighted by atomic mass is 10.2. The van der Waals surface area contributed by atoms with E-state index in [1.807, 2.05) is 0 Å². The zero-order valence-electron chi connectivity index (χ0n) is 15.0. The molecule has 2 heterocycles. The number of carboxylic acids is 1. The van der Waals surface area contributed by atoms with Crippen molar-refractivity contribution in [1.29, 1.82) is 0 Å². The highest BCUT2D eigenvalue weighted by molar-refractivity contribution is 7.22. The van der Waals surface area contributed by atoms with Gasteiger partial charge in [-0.2, -0.15) is 13.2 Å². The SMILES string of the molecule is CN(C(=O)N(C)c1cc2oc(=O)c(C(=O)O)cc2s1)c1ccc(C(F)(F)F)cc1. The molecule has 1 N–H and O–H groups in total. The second-order valence-electron chi connectivity index (χ2n) is 6.01. The number of fused-ring (bicyclic) bond motifs is 1. The van der Waals surface area contributed by atoms with Gasteiger partial charge in [-0.3, -0.25) is 9.80 Å². The Balaban J connectivity index is 1.87. The molecule has 0 spiro atoms. The molecular formula is C18H13F3N2O5S. The fourth-order valence-corrected chi connectivity index (χ4v) is 3.50. The van der Waals surface area contributed by atoms with Crippen molar-refractivity contribution >= 4 is 44.3 Å². The molecule has 0 saturated heterocycles. The molecule has 3 rings (SSSR count). The lowest BCUT2D eigenvalue weighted by Crippen LogP contribution is -2.38. The molecule has 11 heteroatoms. The van der Waals surface area contributed by atoms with E-state index < -0.39 is 34.9 Å². The molecule has 7 nitrogen and oxygen atoms in total. The molecule has 0 aliphatic carbocycles. The monoisotopic (exact) mass is 426 g/mol. The van der Waals surface area contributed by atoms with Crippen LogP contribution in [0.25, 0.3) is 10.3 Å². The first-order valence-electron chi connectivity index (χ1n) is 7.98. The van der Waals surface area contributed by atoms with Gasteiger partial charge in [-0.05, 0) is 30.3 Å². The average Bonchev–Trinajstić information content (AvgIpc) is 3.07. The van der Waals surface area contributed by atoms with Crippen molar-refractivity contribution < 1.29 is 32.3 Å². The third kappa shape index (κ3) is 3.94. The van der Waals surface area contributed by atoms with Gasteiger partial charge in [0.25, 0.3) is 0 Å². The van der Waals surface area contributed by atoms with E-state index in [-0.39, 0.29) is 11.3 Å². The maximum absolute atomic E-state index is 12.7. The number of amides is 2. The molecular weight excluding hydrogens is 413 g/mol. The summed E-state index contributed by atoms with van der Waals surface area (Å²) in [7, 11) is 2.83. The summed E-state index contributed by atoms with van der Waals surface area (Å²) >= 11 is 1.03. The van der Waals surface area contributed by atoms with Crippen LogP contribution in [0, 0.1) is 0 Å². The van der Waals surface area contributed by atoms with Gasteiger partial charge >= 0.3 is 23.8 Å². The number of carbonyl (C=O) groups is 2. The van der Waals surface area contributed by atoms with Crippen molar-refractivity contribution in [2.75, 3.05) is 23.9 Å². The van der Waals surface area contributed by atoms with Crippen molar-refractivity contribution in [1.82, 2.24) is 0 Å². The van der Waals surface area contributed by atoms with Crippen LogP contribution >= 0.6 is 11.3 Å². The Morgan fingerprint density at radius 2 is 1.69 bits per heavy atom. The minimum Gasteiger partial charge on any atom is -0.477 e. The predicted octanol–water partition coefficient (Wildman–Crippen LogP) is 4.26. The molecule has 0 fully saturated rings. The number of thiophene rings is 1. The standard InChI is InChI=1S/C18H13F3N2O5S/c1-22(10-5-3-9(4-6-10)18(19,20)21)17(27)23(2)14-8-12-13(29-14)7-11(15(24)25)16(26)28-12/h3-8H,1-2H3,(H,24,25). The highest BCUT2D eigenvalue weighted by Crippen LogP contribution is 2.33. The minimum absolute atomic E-state index is 0.122. The second kappa shape index (κ2) is 7.24. The lowest BCUT2D eigenvalue weighted by molar-refractivity contribution is -0.137. The van der Waals surface area contributed by atoms with Crippen LogP contribution < -0.4 is 15.4 Å². The van der Waals surface area contributed by atoms with Gasteiger partial charge in [0, 0.05) is 25.8 Å². The summed E-state index contributed by atoms with van der Waals surface area (Å²) in [6.07, 6.45) is -4.48. The summed E-state index contributed by atoms with van der Waals surface area (Å²) < 4.78 is 43.4. The number of hydrogen-bond acceptors (Lipinski definition) is 5. The quantitative estimate of drug-likeness (QED) is 0.676. The Morgan fingerprint density at radius 1 is 1.07 bits per heavy atom. The molecule has 0 saturated carbocycles. The number of nitrogens with zero attached hydrogens (tertiary/aromatic N) is 2. The maximum Gasteiger partial charge on any atom is 0.416 e. The molecule has 152 valence electrons. The Hall–Kier alpha value is -3.34. The van der Waals surface area contributed by atoms with Gasteiger partial charge in [0.05, 0.1) is 10.3 Å². The number of carbonyl (C=O) groups excluding carboxylic acids is 1. The summed E-state index contributed by atoms with van der Waals surface area (Å²) in [6.45, 7) is 0. The number of urea groups is 1. The van der Waals surface area contributed by atoms with Gasteiger partial charge in [0.15, 0.2) is 5.58 Å². The van der Waals surface area contributed by atoms with Crippen molar-refractivity contribution in [3.05, 3.63) is 57.9 Å². The highest BCUT2D eigenvalue weighted by atomic mass is 32.1. The average molecular weight is 426 g/mol. The molecule has 0 aliphatic heterocycles. The third-order valence-electron chi connectivity index (χ3n) is 4.13. The van der Waals surface area contributed by atoms with Crippen molar-refractivity contribution in [2.24, 2.45) is 0 Å². The summed E-state index contributed by atoms with van der Waals surface area (Å²) in [4.78, 5) is 37.8. The topological polar surface area (TPSA) is 91.1 Å². The van der Waals surface area contributed by atoms with Crippen LogP contribution in [0.15, 0.2) is 45.6 Å². The normalized spacial score (nSPS) is 11.5. The van der Waals surface area contributed by atoms with Crippen LogP contribution in [0.2, 0.25) is 0 Å². The van der Waals surface area contributed by atoms with Gasteiger partial charge in [0.1, 0.15) is 10.6 Å². The van der Waals surface area contributed by atoms with Crippen LogP contribution in [-0.4, -0.2) is 31.2 Å². The van der Waals surface area contributed by atoms with Gasteiger partial charge in [-0.25, -0.2) is 14.4 Å². The number of carboxylic acid groups (broad SMARTS) is 1. The highest BCUT2D eigenvalue weighted by Gasteiger charge is 2.30. The molecule has 29 heavy (non-hydrogen) atoms. The summed E-state index contributed by atoms with van der Waals surface area (Å²) in [5.41, 5.74) is -2.00. The zero-order chi connectivity index (χ0) is 21.5. The van der Waals surface area contributed by atoms with E-state index in [2.05, 4.69) is 0 Å². The molecule has 3 aromatic rings. The van der Waals surface area contributed by atoms with E-state index >= 15 is 0 Å². The van der Waals surface area contributed by atoms with E-state index in [1.54, 1.807) is 0 Å². The molecule has 0 radical (unpaired) electrons. The zero-order valence-corrected chi connectivity index (χ0v) is 15.8. The smallest absolute Gasteiger partial charge is 0.416 e. The largest absolute Gasteiger partial charge is 0.477 e. The van der Waals surface area contributed by atoms with E-state index in [4.69, 9.17) is 9.52 Å². The van der Waals surface area contributed by atoms with E-state index in [1.165, 1.54) is 37.2 Å². The Labute approximate surface area is 165 Å². The molecule has 1 aromatic carbocycles. The Bertz CT molecular complexity index is 1150. The lowest BCUT2D eigenvalue weighted by Gasteiger charge is -2.24. The van der Waals surface area contributed by atoms with E-state index in [0.29, 0.717) is 9.70 Å². The van der Waals surface area contributed by atoms with Crippen LogP contribution in [-0.2, 0) is 6.18 Å². The molecule has 0 aliphatic rings. The van der Waals surface area contributed by atoms with Crippen molar-refractivity contribution in [3.63, 3.8) is 0 Å². The van der Waals surface area contributed by atoms with Gasteiger partial charge in [-0.1, -0.05) is 0 Å². The summed E-state index contributed by atoms with van der Waals surface area (Å²) in [5, 5.41) is 9.36. The number of halogens is 3. The van der Waals surface area contributed by atoms with Crippen molar-refractivity contribution in [2.45, 2.75) is 6.18 Å². The number of rotatable bonds is 3. The first-order chi connectivity index (χ1) is 13.5. The van der Waals surface area contributed by atoms with Crippen LogP contribution in [0.4, 0.5) is 28.7 Å². The van der Waals surface area contributed by atoms with Gasteiger partial charge in [-0.15, -0.1) is 11.3 Å². The van der Waals surface area contributed by atoms with Gasteiger partial charge in [0.2, 0.25) is 0 Å². The fraction of sp³-hybridized carbons (Fsp3) is 0.167. The molecule has 0 atom stereocenters.